The minimum Gasteiger partial charge on any atom is -0.496 e. The average Bonchev–Trinajstić information content (AvgIpc) is 2.04. The lowest BCUT2D eigenvalue weighted by Crippen LogP contribution is -2.00. The molecule has 0 saturated carbocycles. The molecule has 0 heterocycles. The molecule has 0 fully saturated rings. The van der Waals surface area contributed by atoms with Gasteiger partial charge < -0.3 is 10.5 Å². The molecule has 0 unspecified atom stereocenters. The Morgan fingerprint density at radius 3 is 2.73 bits per heavy atom. The summed E-state index contributed by atoms with van der Waals surface area (Å²) in [5, 5.41) is 0.659. The number of methoxy groups -OCH3 is 1. The van der Waals surface area contributed by atoms with Crippen LogP contribution >= 0.6 is 11.6 Å². The highest BCUT2D eigenvalue weighted by atomic mass is 35.5. The van der Waals surface area contributed by atoms with Crippen molar-refractivity contribution in [2.75, 3.05) is 7.11 Å². The van der Waals surface area contributed by atoms with Crippen molar-refractivity contribution in [3.8, 4) is 5.75 Å². The van der Waals surface area contributed by atoms with E-state index in [9.17, 15) is 0 Å². The minimum absolute atomic E-state index is 0.406. The van der Waals surface area contributed by atoms with Gasteiger partial charge in [0.05, 0.1) is 7.11 Å². The van der Waals surface area contributed by atoms with Gasteiger partial charge in [0.1, 0.15) is 5.75 Å². The van der Waals surface area contributed by atoms with Crippen molar-refractivity contribution < 1.29 is 4.74 Å². The summed E-state index contributed by atoms with van der Waals surface area (Å²) in [6.07, 6.45) is 0. The molecule has 11 heavy (non-hydrogen) atoms. The lowest BCUT2D eigenvalue weighted by Gasteiger charge is -2.06. The van der Waals surface area contributed by atoms with Crippen LogP contribution in [0.5, 0.6) is 5.75 Å². The monoisotopic (exact) mass is 171 g/mol. The summed E-state index contributed by atoms with van der Waals surface area (Å²) < 4.78 is 5.05. The van der Waals surface area contributed by atoms with Crippen LogP contribution in [-0.4, -0.2) is 7.11 Å². The summed E-state index contributed by atoms with van der Waals surface area (Å²) in [6, 6.07) is 5.47. The Balaban J connectivity index is 3.13. The maximum atomic E-state index is 5.85. The van der Waals surface area contributed by atoms with Gasteiger partial charge in [-0.3, -0.25) is 0 Å². The molecule has 60 valence electrons. The predicted octanol–water partition coefficient (Wildman–Crippen LogP) is 1.81. The van der Waals surface area contributed by atoms with Crippen LogP contribution in [-0.2, 0) is 6.54 Å². The highest BCUT2D eigenvalue weighted by Gasteiger charge is 2.03. The maximum Gasteiger partial charge on any atom is 0.124 e. The van der Waals surface area contributed by atoms with Gasteiger partial charge in [0, 0.05) is 17.1 Å². The first-order valence-corrected chi connectivity index (χ1v) is 3.69. The van der Waals surface area contributed by atoms with Crippen LogP contribution in [0.1, 0.15) is 5.56 Å². The van der Waals surface area contributed by atoms with Crippen LogP contribution in [0.2, 0.25) is 5.02 Å². The summed E-state index contributed by atoms with van der Waals surface area (Å²) in [4.78, 5) is 0. The second-order valence-corrected chi connectivity index (χ2v) is 2.53. The number of nitrogens with two attached hydrogens (primary N) is 1. The third-order valence-corrected chi connectivity index (χ3v) is 1.85. The molecule has 0 amide bonds. The summed E-state index contributed by atoms with van der Waals surface area (Å²) in [7, 11) is 1.60. The van der Waals surface area contributed by atoms with E-state index < -0.39 is 0 Å². The largest absolute Gasteiger partial charge is 0.496 e. The Kier molecular flexibility index (Phi) is 2.74. The third-order valence-electron chi connectivity index (χ3n) is 1.50. The predicted molar refractivity (Wildman–Crippen MR) is 45.9 cm³/mol. The first-order valence-electron chi connectivity index (χ1n) is 3.31. The average molecular weight is 172 g/mol. The van der Waals surface area contributed by atoms with Crippen molar-refractivity contribution >= 4 is 11.6 Å². The van der Waals surface area contributed by atoms with Gasteiger partial charge in [0.15, 0.2) is 0 Å². The van der Waals surface area contributed by atoms with Crippen molar-refractivity contribution in [3.05, 3.63) is 28.8 Å². The standard InChI is InChI=1S/C8H10ClNO/c1-11-8-4-2-3-7(9)6(8)5-10/h2-4H,5,10H2,1H3. The lowest BCUT2D eigenvalue weighted by molar-refractivity contribution is 0.410. The van der Waals surface area contributed by atoms with E-state index in [0.717, 1.165) is 11.3 Å². The van der Waals surface area contributed by atoms with Gasteiger partial charge in [-0.2, -0.15) is 0 Å². The Morgan fingerprint density at radius 2 is 2.27 bits per heavy atom. The number of rotatable bonds is 2. The van der Waals surface area contributed by atoms with Gasteiger partial charge >= 0.3 is 0 Å². The van der Waals surface area contributed by atoms with Crippen molar-refractivity contribution in [3.63, 3.8) is 0 Å². The van der Waals surface area contributed by atoms with Crippen molar-refractivity contribution in [2.24, 2.45) is 5.73 Å². The Labute approximate surface area is 70.9 Å². The van der Waals surface area contributed by atoms with Crippen molar-refractivity contribution in [1.29, 1.82) is 0 Å². The van der Waals surface area contributed by atoms with Crippen molar-refractivity contribution in [2.45, 2.75) is 6.54 Å². The number of hydrogen-bond donors (Lipinski definition) is 1. The molecular formula is C8H10ClNO. The number of hydrogen-bond acceptors (Lipinski definition) is 2. The highest BCUT2D eigenvalue weighted by molar-refractivity contribution is 6.31. The molecule has 0 aromatic heterocycles. The quantitative estimate of drug-likeness (QED) is 0.737. The molecule has 1 aromatic rings. The molecule has 0 saturated heterocycles. The normalized spacial score (nSPS) is 9.73. The highest BCUT2D eigenvalue weighted by Crippen LogP contribution is 2.24. The summed E-state index contributed by atoms with van der Waals surface area (Å²) >= 11 is 5.85. The van der Waals surface area contributed by atoms with Crippen LogP contribution in [0.15, 0.2) is 18.2 Å². The van der Waals surface area contributed by atoms with E-state index in [1.807, 2.05) is 12.1 Å². The smallest absolute Gasteiger partial charge is 0.124 e. The summed E-state index contributed by atoms with van der Waals surface area (Å²) in [5.41, 5.74) is 6.32. The van der Waals surface area contributed by atoms with E-state index >= 15 is 0 Å². The molecule has 2 nitrogen and oxygen atoms in total. The van der Waals surface area contributed by atoms with Gasteiger partial charge in [-0.05, 0) is 12.1 Å². The van der Waals surface area contributed by atoms with Gasteiger partial charge in [0.2, 0.25) is 0 Å². The summed E-state index contributed by atoms with van der Waals surface area (Å²) in [5.74, 6) is 0.750. The van der Waals surface area contributed by atoms with E-state index in [-0.39, 0.29) is 0 Å². The molecule has 0 atom stereocenters. The fraction of sp³-hybridized carbons (Fsp3) is 0.250. The van der Waals surface area contributed by atoms with Gasteiger partial charge in [-0.25, -0.2) is 0 Å². The zero-order chi connectivity index (χ0) is 8.27. The van der Waals surface area contributed by atoms with Crippen LogP contribution in [0.3, 0.4) is 0 Å². The first kappa shape index (κ1) is 8.37. The van der Waals surface area contributed by atoms with E-state index in [2.05, 4.69) is 0 Å². The van der Waals surface area contributed by atoms with Crippen LogP contribution in [0.4, 0.5) is 0 Å². The third kappa shape index (κ3) is 1.64. The van der Waals surface area contributed by atoms with E-state index in [1.54, 1.807) is 13.2 Å². The minimum atomic E-state index is 0.406. The molecule has 0 aliphatic carbocycles. The molecule has 1 aromatic carbocycles. The topological polar surface area (TPSA) is 35.2 Å². The molecule has 0 radical (unpaired) electrons. The van der Waals surface area contributed by atoms with Gasteiger partial charge in [-0.15, -0.1) is 0 Å². The summed E-state index contributed by atoms with van der Waals surface area (Å²) in [6.45, 7) is 0.406. The lowest BCUT2D eigenvalue weighted by atomic mass is 10.2. The van der Waals surface area contributed by atoms with Gasteiger partial charge in [-0.1, -0.05) is 17.7 Å². The molecule has 0 aliphatic rings. The van der Waals surface area contributed by atoms with Crippen LogP contribution in [0.25, 0.3) is 0 Å². The van der Waals surface area contributed by atoms with E-state index in [4.69, 9.17) is 22.1 Å². The molecular weight excluding hydrogens is 162 g/mol. The van der Waals surface area contributed by atoms with Crippen LogP contribution in [0, 0.1) is 0 Å². The molecule has 2 N–H and O–H groups in total. The molecule has 0 aliphatic heterocycles. The Morgan fingerprint density at radius 1 is 1.55 bits per heavy atom. The number of ether oxygens (including phenoxy) is 1. The number of benzene rings is 1. The molecule has 1 rings (SSSR count). The van der Waals surface area contributed by atoms with Gasteiger partial charge in [0.25, 0.3) is 0 Å². The zero-order valence-electron chi connectivity index (χ0n) is 6.30. The zero-order valence-corrected chi connectivity index (χ0v) is 7.06. The SMILES string of the molecule is COc1cccc(Cl)c1CN. The molecule has 0 spiro atoms. The fourth-order valence-electron chi connectivity index (χ4n) is 0.928. The van der Waals surface area contributed by atoms with E-state index in [0.29, 0.717) is 11.6 Å². The molecule has 0 bridgehead atoms. The van der Waals surface area contributed by atoms with Crippen molar-refractivity contribution in [1.82, 2.24) is 0 Å². The van der Waals surface area contributed by atoms with Crippen LogP contribution < -0.4 is 10.5 Å². The Bertz CT molecular complexity index is 250. The number of halogens is 1. The second-order valence-electron chi connectivity index (χ2n) is 2.12. The molecule has 3 heteroatoms. The fourth-order valence-corrected chi connectivity index (χ4v) is 1.17. The maximum absolute atomic E-state index is 5.85. The van der Waals surface area contributed by atoms with E-state index in [1.165, 1.54) is 0 Å². The first-order chi connectivity index (χ1) is 5.29. The Hall–Kier alpha value is -0.730. The second kappa shape index (κ2) is 3.60.